The summed E-state index contributed by atoms with van der Waals surface area (Å²) in [6.07, 6.45) is 5.18. The van der Waals surface area contributed by atoms with Gasteiger partial charge in [-0.05, 0) is 210 Å². The van der Waals surface area contributed by atoms with Crippen molar-refractivity contribution in [1.82, 2.24) is 0 Å². The lowest BCUT2D eigenvalue weighted by atomic mass is 9.40. The van der Waals surface area contributed by atoms with Crippen molar-refractivity contribution in [2.45, 2.75) is 193 Å². The van der Waals surface area contributed by atoms with Crippen LogP contribution in [-0.4, -0.2) is 97.8 Å². The van der Waals surface area contributed by atoms with Crippen LogP contribution in [-0.2, 0) is 38.4 Å². The van der Waals surface area contributed by atoms with Crippen molar-refractivity contribution < 1.29 is 77.3 Å². The molecule has 17 heteroatoms. The Balaban J connectivity index is 0.744. The molecule has 71 heavy (non-hydrogen) atoms. The molecule has 1 aromatic rings. The Morgan fingerprint density at radius 3 is 1.69 bits per heavy atom. The first kappa shape index (κ1) is 53.2. The molecule has 23 atom stereocenters. The van der Waals surface area contributed by atoms with Crippen LogP contribution in [0.25, 0.3) is 0 Å². The standard InChI is InChI=1S/C54H82O16S/c1-27(34-12-14-36-48-39(25-44(60)53(34,36)5)51(3)19-18-31(55)20-29(51)22-42(48)58)10-16-46(62)67-69-71(65,66)70-68-47(63)17-11-28(2)35-13-15-37-49-40(26-45(61)54(35,37)6)52(4)30(23-43(49)59)21-32(56)24-38(52)33-8-7-9-41(57)50(33)64/h7-9,27-32,34-40,42-45,48-49,55-61,64H,10-26H2,1-6H3. The molecular formula is C54H82O16S. The smallest absolute Gasteiger partial charge is 0.471 e. The summed E-state index contributed by atoms with van der Waals surface area (Å²) < 4.78 is 33.7. The molecule has 1 aromatic carbocycles. The van der Waals surface area contributed by atoms with Gasteiger partial charge in [0, 0.05) is 18.4 Å². The summed E-state index contributed by atoms with van der Waals surface area (Å²) in [5.41, 5.74) is -1.07. The van der Waals surface area contributed by atoms with Crippen molar-refractivity contribution in [2.24, 2.45) is 92.7 Å². The topological polar surface area (TPSA) is 267 Å². The summed E-state index contributed by atoms with van der Waals surface area (Å²) in [6, 6.07) is 4.91. The van der Waals surface area contributed by atoms with Crippen molar-refractivity contribution in [3.8, 4) is 11.5 Å². The third-order valence-electron chi connectivity index (χ3n) is 22.6. The quantitative estimate of drug-likeness (QED) is 0.0578. The summed E-state index contributed by atoms with van der Waals surface area (Å²) in [4.78, 5) is 34.9. The van der Waals surface area contributed by atoms with E-state index < -0.39 is 69.1 Å². The molecule has 8 saturated carbocycles. The molecule has 0 aliphatic heterocycles. The summed E-state index contributed by atoms with van der Waals surface area (Å²) >= 11 is 0. The van der Waals surface area contributed by atoms with E-state index >= 15 is 0 Å². The van der Waals surface area contributed by atoms with E-state index in [4.69, 9.17) is 0 Å². The second-order valence-electron chi connectivity index (χ2n) is 25.4. The Labute approximate surface area is 419 Å². The molecule has 16 nitrogen and oxygen atoms in total. The summed E-state index contributed by atoms with van der Waals surface area (Å²) in [5.74, 6) is -2.77. The second-order valence-corrected chi connectivity index (χ2v) is 26.5. The largest absolute Gasteiger partial charge is 0.504 e. The number of aliphatic hydroxyl groups excluding tert-OH is 6. The maximum atomic E-state index is 12.9. The predicted molar refractivity (Wildman–Crippen MR) is 256 cm³/mol. The zero-order valence-corrected chi connectivity index (χ0v) is 43.3. The van der Waals surface area contributed by atoms with Crippen molar-refractivity contribution >= 4 is 22.3 Å². The van der Waals surface area contributed by atoms with Gasteiger partial charge >= 0.3 is 22.3 Å². The molecule has 8 N–H and O–H groups in total. The van der Waals surface area contributed by atoms with Crippen molar-refractivity contribution in [2.75, 3.05) is 0 Å². The molecule has 0 amide bonds. The minimum atomic E-state index is -5.09. The average molecular weight is 1020 g/mol. The van der Waals surface area contributed by atoms with Crippen molar-refractivity contribution in [3.63, 3.8) is 0 Å². The van der Waals surface area contributed by atoms with Crippen LogP contribution in [0.2, 0.25) is 0 Å². The molecule has 0 bridgehead atoms. The zero-order chi connectivity index (χ0) is 51.3. The highest BCUT2D eigenvalue weighted by molar-refractivity contribution is 7.81. The average Bonchev–Trinajstić information content (AvgIpc) is 3.87. The first-order chi connectivity index (χ1) is 33.4. The molecular weight excluding hydrogens is 937 g/mol. The Morgan fingerprint density at radius 2 is 1.13 bits per heavy atom. The molecule has 0 radical (unpaired) electrons. The van der Waals surface area contributed by atoms with E-state index in [9.17, 15) is 58.9 Å². The minimum Gasteiger partial charge on any atom is -0.504 e. The van der Waals surface area contributed by atoms with E-state index in [0.717, 1.165) is 38.5 Å². The Bertz CT molecular complexity index is 2240. The van der Waals surface area contributed by atoms with Gasteiger partial charge in [0.1, 0.15) is 0 Å². The van der Waals surface area contributed by atoms with Gasteiger partial charge in [-0.15, -0.1) is 0 Å². The van der Waals surface area contributed by atoms with E-state index in [1.165, 1.54) is 6.07 Å². The maximum Gasteiger partial charge on any atom is 0.471 e. The molecule has 400 valence electrons. The van der Waals surface area contributed by atoms with Gasteiger partial charge in [-0.3, -0.25) is 9.78 Å². The third-order valence-corrected chi connectivity index (χ3v) is 23.1. The lowest BCUT2D eigenvalue weighted by molar-refractivity contribution is -0.245. The third kappa shape index (κ3) is 8.95. The fourth-order valence-corrected chi connectivity index (χ4v) is 19.4. The lowest BCUT2D eigenvalue weighted by Crippen LogP contribution is -2.63. The molecule has 0 heterocycles. The highest BCUT2D eigenvalue weighted by Gasteiger charge is 2.69. The molecule has 8 fully saturated rings. The van der Waals surface area contributed by atoms with Gasteiger partial charge in [0.2, 0.25) is 0 Å². The van der Waals surface area contributed by atoms with Crippen LogP contribution in [0.5, 0.6) is 11.5 Å². The Kier molecular flexibility index (Phi) is 14.6. The first-order valence-electron chi connectivity index (χ1n) is 27.0. The maximum absolute atomic E-state index is 12.9. The number of para-hydroxylation sites is 1. The highest BCUT2D eigenvalue weighted by atomic mass is 32.3. The molecule has 0 saturated heterocycles. The van der Waals surface area contributed by atoms with E-state index in [1.807, 2.05) is 13.8 Å². The number of hydrogen-bond acceptors (Lipinski definition) is 16. The van der Waals surface area contributed by atoms with Gasteiger partial charge in [-0.1, -0.05) is 53.7 Å². The van der Waals surface area contributed by atoms with Crippen LogP contribution in [0.3, 0.4) is 0 Å². The van der Waals surface area contributed by atoms with Gasteiger partial charge in [-0.25, -0.2) is 9.59 Å². The number of fused-ring (bicyclic) bond motifs is 10. The van der Waals surface area contributed by atoms with Crippen LogP contribution in [0.15, 0.2) is 18.2 Å². The van der Waals surface area contributed by atoms with E-state index in [0.29, 0.717) is 56.9 Å². The Hall–Kier alpha value is -2.61. The second kappa shape index (κ2) is 19.5. The fraction of sp³-hybridized carbons (Fsp3) is 0.852. The minimum absolute atomic E-state index is 0.0458. The number of aromatic hydroxyl groups is 2. The number of aliphatic hydroxyl groups is 6. The van der Waals surface area contributed by atoms with Crippen LogP contribution in [0.1, 0.15) is 162 Å². The SMILES string of the molecule is CC(CCC(=O)OOS(=O)(=O)OOC(=O)CCC(C)C1CCC2C3C(O)CC4CC(O)CC(c5cccc(O)c5O)C4(C)C3CC(O)C12C)C1CCC2C3C(O)CC4CC(O)CCC4(C)C3CC(O)C12C. The molecule has 8 aliphatic rings. The first-order valence-corrected chi connectivity index (χ1v) is 28.3. The highest BCUT2D eigenvalue weighted by Crippen LogP contribution is 2.72. The normalized spacial score (nSPS) is 46.8. The van der Waals surface area contributed by atoms with Crippen molar-refractivity contribution in [3.05, 3.63) is 23.8 Å². The Morgan fingerprint density at radius 1 is 0.620 bits per heavy atom. The number of phenols is 2. The van der Waals surface area contributed by atoms with E-state index in [2.05, 4.69) is 46.1 Å². The number of rotatable bonds is 13. The number of hydrogen-bond donors (Lipinski definition) is 8. The molecule has 0 spiro atoms. The van der Waals surface area contributed by atoms with E-state index in [1.54, 1.807) is 12.1 Å². The van der Waals surface area contributed by atoms with Gasteiger partial charge in [0.15, 0.2) is 11.5 Å². The summed E-state index contributed by atoms with van der Waals surface area (Å²) in [6.45, 7) is 12.7. The van der Waals surface area contributed by atoms with Crippen LogP contribution < -0.4 is 0 Å². The van der Waals surface area contributed by atoms with Gasteiger partial charge in [-0.2, -0.15) is 8.42 Å². The molecule has 0 aromatic heterocycles. The monoisotopic (exact) mass is 1020 g/mol. The van der Waals surface area contributed by atoms with Crippen LogP contribution in [0, 0.1) is 92.7 Å². The lowest BCUT2D eigenvalue weighted by Gasteiger charge is -2.65. The number of carbonyl (C=O) groups is 2. The van der Waals surface area contributed by atoms with Gasteiger partial charge in [0.25, 0.3) is 0 Å². The van der Waals surface area contributed by atoms with Gasteiger partial charge in [0.05, 0.1) is 36.6 Å². The molecule has 9 rings (SSSR count). The number of phenolic OH excluding ortho intramolecular Hbond substituents is 2. The molecule has 8 aliphatic carbocycles. The van der Waals surface area contributed by atoms with Gasteiger partial charge < -0.3 is 40.9 Å². The number of carbonyl (C=O) groups excluding carboxylic acids is 2. The van der Waals surface area contributed by atoms with E-state index in [-0.39, 0.29) is 119 Å². The summed E-state index contributed by atoms with van der Waals surface area (Å²) in [7, 11) is -5.09. The summed E-state index contributed by atoms with van der Waals surface area (Å²) in [5, 5.41) is 90.6. The predicted octanol–water partition coefficient (Wildman–Crippen LogP) is 6.74. The van der Waals surface area contributed by atoms with Crippen LogP contribution >= 0.6 is 0 Å². The molecule has 23 unspecified atom stereocenters. The van der Waals surface area contributed by atoms with Crippen LogP contribution in [0.4, 0.5) is 0 Å². The zero-order valence-electron chi connectivity index (χ0n) is 42.5. The number of benzene rings is 1. The van der Waals surface area contributed by atoms with Crippen molar-refractivity contribution in [1.29, 1.82) is 0 Å². The fourth-order valence-electron chi connectivity index (χ4n) is 19.0.